The fourth-order valence-electron chi connectivity index (χ4n) is 7.07. The van der Waals surface area contributed by atoms with Gasteiger partial charge in [0.2, 0.25) is 0 Å². The van der Waals surface area contributed by atoms with Crippen molar-refractivity contribution in [3.8, 4) is 51.0 Å². The molecule has 3 aromatic heterocycles. The van der Waals surface area contributed by atoms with E-state index < -0.39 is 0 Å². The lowest BCUT2D eigenvalue weighted by Gasteiger charge is -2.11. The molecule has 0 unspecified atom stereocenters. The fraction of sp³-hybridized carbons (Fsp3) is 0. The van der Waals surface area contributed by atoms with Crippen molar-refractivity contribution in [3.05, 3.63) is 170 Å². The third-order valence-electron chi connectivity index (χ3n) is 9.48. The number of fused-ring (bicyclic) bond motifs is 7. The summed E-state index contributed by atoms with van der Waals surface area (Å²) in [6, 6.07) is 58.5. The van der Waals surface area contributed by atoms with E-state index in [4.69, 9.17) is 19.4 Å². The van der Waals surface area contributed by atoms with E-state index in [1.54, 1.807) is 0 Å². The van der Waals surface area contributed by atoms with Gasteiger partial charge in [0, 0.05) is 38.5 Å². The Labute approximate surface area is 287 Å². The Kier molecular flexibility index (Phi) is 6.42. The second-order valence-corrected chi connectivity index (χ2v) is 12.4. The Morgan fingerprint density at radius 3 is 1.54 bits per heavy atom. The third-order valence-corrected chi connectivity index (χ3v) is 9.48. The molecule has 0 amide bonds. The lowest BCUT2D eigenvalue weighted by Crippen LogP contribution is -2.00. The minimum atomic E-state index is 0.624. The smallest absolute Gasteiger partial charge is 0.164 e. The Bertz CT molecular complexity index is 2840. The number of hydrogen-bond donors (Lipinski definition) is 0. The lowest BCUT2D eigenvalue weighted by molar-refractivity contribution is 0.673. The zero-order valence-corrected chi connectivity index (χ0v) is 26.9. The predicted octanol–water partition coefficient (Wildman–Crippen LogP) is 11.5. The summed E-state index contributed by atoms with van der Waals surface area (Å²) in [6.45, 7) is 0. The van der Waals surface area contributed by atoms with Crippen LogP contribution in [0.4, 0.5) is 0 Å². The molecule has 0 atom stereocenters. The summed E-state index contributed by atoms with van der Waals surface area (Å²) in [5.74, 6) is 1.90. The van der Waals surface area contributed by atoms with Crippen molar-refractivity contribution < 1.29 is 4.42 Å². The van der Waals surface area contributed by atoms with E-state index >= 15 is 0 Å². The van der Waals surface area contributed by atoms with Crippen molar-refractivity contribution >= 4 is 43.7 Å². The first kappa shape index (κ1) is 28.2. The largest absolute Gasteiger partial charge is 0.455 e. The molecule has 0 saturated heterocycles. The first-order valence-electron chi connectivity index (χ1n) is 16.7. The van der Waals surface area contributed by atoms with E-state index in [2.05, 4.69) is 126 Å². The second kappa shape index (κ2) is 11.4. The van der Waals surface area contributed by atoms with Crippen molar-refractivity contribution in [2.24, 2.45) is 0 Å². The van der Waals surface area contributed by atoms with Gasteiger partial charge in [-0.2, -0.15) is 0 Å². The van der Waals surface area contributed by atoms with Crippen molar-refractivity contribution in [2.45, 2.75) is 0 Å². The Balaban J connectivity index is 1.09. The molecule has 3 heterocycles. The van der Waals surface area contributed by atoms with Crippen LogP contribution in [0.2, 0.25) is 0 Å². The average molecular weight is 641 g/mol. The summed E-state index contributed by atoms with van der Waals surface area (Å²) in [4.78, 5) is 14.9. The molecular formula is C45H28N4O. The molecule has 10 aromatic rings. The highest BCUT2D eigenvalue weighted by atomic mass is 16.3. The van der Waals surface area contributed by atoms with Gasteiger partial charge >= 0.3 is 0 Å². The van der Waals surface area contributed by atoms with E-state index in [0.717, 1.165) is 71.7 Å². The van der Waals surface area contributed by atoms with Crippen LogP contribution in [0.5, 0.6) is 0 Å². The summed E-state index contributed by atoms with van der Waals surface area (Å²) in [5.41, 5.74) is 10.2. The highest BCUT2D eigenvalue weighted by molar-refractivity contribution is 6.23. The maximum Gasteiger partial charge on any atom is 0.164 e. The van der Waals surface area contributed by atoms with Crippen LogP contribution in [0.25, 0.3) is 94.7 Å². The van der Waals surface area contributed by atoms with Gasteiger partial charge in [0.05, 0.1) is 16.4 Å². The van der Waals surface area contributed by atoms with E-state index in [-0.39, 0.29) is 0 Å². The van der Waals surface area contributed by atoms with Crippen LogP contribution in [-0.4, -0.2) is 19.5 Å². The molecule has 0 N–H and O–H groups in total. The Hall–Kier alpha value is -6.85. The fourth-order valence-corrected chi connectivity index (χ4v) is 7.07. The zero-order chi connectivity index (χ0) is 33.0. The van der Waals surface area contributed by atoms with Gasteiger partial charge in [0.1, 0.15) is 11.2 Å². The second-order valence-electron chi connectivity index (χ2n) is 12.4. The summed E-state index contributed by atoms with van der Waals surface area (Å²) < 4.78 is 8.80. The SMILES string of the molecule is c1ccc(-c2ccc(-c3nc(-c4ccccc4)nc(-c4ccc(-n5c6ccccc6c6c7oc8ccccc8c7ccc65)cc4)n3)cc2)cc1. The van der Waals surface area contributed by atoms with Gasteiger partial charge in [-0.05, 0) is 59.7 Å². The third kappa shape index (κ3) is 4.60. The number of para-hydroxylation sites is 2. The van der Waals surface area contributed by atoms with Gasteiger partial charge in [-0.1, -0.05) is 121 Å². The minimum Gasteiger partial charge on any atom is -0.455 e. The van der Waals surface area contributed by atoms with Crippen LogP contribution in [0.15, 0.2) is 174 Å². The highest BCUT2D eigenvalue weighted by Crippen LogP contribution is 2.40. The van der Waals surface area contributed by atoms with E-state index in [0.29, 0.717) is 17.5 Å². The Morgan fingerprint density at radius 2 is 0.860 bits per heavy atom. The van der Waals surface area contributed by atoms with Gasteiger partial charge in [0.25, 0.3) is 0 Å². The average Bonchev–Trinajstić information content (AvgIpc) is 3.74. The molecule has 5 heteroatoms. The van der Waals surface area contributed by atoms with Crippen LogP contribution < -0.4 is 0 Å². The molecule has 0 spiro atoms. The first-order valence-corrected chi connectivity index (χ1v) is 16.7. The van der Waals surface area contributed by atoms with Gasteiger partial charge in [0.15, 0.2) is 17.5 Å². The molecule has 0 saturated carbocycles. The van der Waals surface area contributed by atoms with Crippen molar-refractivity contribution in [3.63, 3.8) is 0 Å². The molecule has 0 fully saturated rings. The monoisotopic (exact) mass is 640 g/mol. The van der Waals surface area contributed by atoms with Crippen molar-refractivity contribution in [1.82, 2.24) is 19.5 Å². The topological polar surface area (TPSA) is 56.7 Å². The van der Waals surface area contributed by atoms with Crippen molar-refractivity contribution in [1.29, 1.82) is 0 Å². The minimum absolute atomic E-state index is 0.624. The number of benzene rings is 7. The molecular weight excluding hydrogens is 613 g/mol. The van der Waals surface area contributed by atoms with Crippen LogP contribution in [0.3, 0.4) is 0 Å². The van der Waals surface area contributed by atoms with Gasteiger partial charge in [-0.3, -0.25) is 0 Å². The molecule has 0 bridgehead atoms. The molecule has 50 heavy (non-hydrogen) atoms. The van der Waals surface area contributed by atoms with Gasteiger partial charge < -0.3 is 8.98 Å². The first-order chi connectivity index (χ1) is 24.8. The molecule has 7 aromatic carbocycles. The summed E-state index contributed by atoms with van der Waals surface area (Å²) in [7, 11) is 0. The number of rotatable bonds is 5. The number of nitrogens with zero attached hydrogens (tertiary/aromatic N) is 4. The molecule has 10 rings (SSSR count). The number of aromatic nitrogens is 4. The van der Waals surface area contributed by atoms with Crippen LogP contribution in [-0.2, 0) is 0 Å². The standard InChI is InChI=1S/C45H28N4O/c1-3-11-29(12-4-1)30-19-21-32(22-20-30)44-46-43(31-13-5-2-6-14-31)47-45(48-44)33-23-25-34(26-24-33)49-38-17-9-7-16-37(38)41-39(49)28-27-36-35-15-8-10-18-40(35)50-42(36)41/h1-28H. The lowest BCUT2D eigenvalue weighted by atomic mass is 10.0. The van der Waals surface area contributed by atoms with Crippen LogP contribution >= 0.6 is 0 Å². The van der Waals surface area contributed by atoms with Crippen LogP contribution in [0.1, 0.15) is 0 Å². The van der Waals surface area contributed by atoms with E-state index in [1.807, 2.05) is 48.5 Å². The highest BCUT2D eigenvalue weighted by Gasteiger charge is 2.19. The predicted molar refractivity (Wildman–Crippen MR) is 203 cm³/mol. The number of hydrogen-bond acceptors (Lipinski definition) is 4. The van der Waals surface area contributed by atoms with Gasteiger partial charge in [-0.15, -0.1) is 0 Å². The maximum atomic E-state index is 6.49. The molecule has 5 nitrogen and oxygen atoms in total. The molecule has 0 radical (unpaired) electrons. The maximum absolute atomic E-state index is 6.49. The zero-order valence-electron chi connectivity index (χ0n) is 26.9. The summed E-state index contributed by atoms with van der Waals surface area (Å²) in [6.07, 6.45) is 0. The molecule has 234 valence electrons. The van der Waals surface area contributed by atoms with E-state index in [9.17, 15) is 0 Å². The quantitative estimate of drug-likeness (QED) is 0.188. The molecule has 0 aliphatic heterocycles. The number of furan rings is 1. The molecule has 0 aliphatic rings. The van der Waals surface area contributed by atoms with Crippen LogP contribution in [0, 0.1) is 0 Å². The Morgan fingerprint density at radius 1 is 0.360 bits per heavy atom. The summed E-state index contributed by atoms with van der Waals surface area (Å²) in [5, 5.41) is 4.53. The van der Waals surface area contributed by atoms with Gasteiger partial charge in [-0.25, -0.2) is 15.0 Å². The normalized spacial score (nSPS) is 11.6. The molecule has 0 aliphatic carbocycles. The summed E-state index contributed by atoms with van der Waals surface area (Å²) >= 11 is 0. The van der Waals surface area contributed by atoms with Crippen molar-refractivity contribution in [2.75, 3.05) is 0 Å². The van der Waals surface area contributed by atoms with E-state index in [1.165, 1.54) is 5.56 Å².